The van der Waals surface area contributed by atoms with Gasteiger partial charge in [-0.25, -0.2) is 0 Å². The molecule has 0 aromatic heterocycles. The van der Waals surface area contributed by atoms with Crippen LogP contribution in [0.4, 0.5) is 0 Å². The molecule has 1 unspecified atom stereocenters. The van der Waals surface area contributed by atoms with Crippen molar-refractivity contribution in [3.05, 3.63) is 34.9 Å². The number of piperidine rings is 2. The lowest BCUT2D eigenvalue weighted by Gasteiger charge is -2.42. The summed E-state index contributed by atoms with van der Waals surface area (Å²) in [6, 6.07) is 9.18. The molecule has 0 spiro atoms. The summed E-state index contributed by atoms with van der Waals surface area (Å²) in [6.45, 7) is 4.76. The van der Waals surface area contributed by atoms with Gasteiger partial charge in [0.05, 0.1) is 0 Å². The Morgan fingerprint density at radius 2 is 1.80 bits per heavy atom. The normalized spacial score (nSPS) is 25.8. The molecular weight excluding hydrogens is 268 g/mol. The fourth-order valence-corrected chi connectivity index (χ4v) is 3.93. The van der Waals surface area contributed by atoms with E-state index in [2.05, 4.69) is 22.3 Å². The van der Waals surface area contributed by atoms with Crippen LogP contribution in [0.5, 0.6) is 0 Å². The van der Waals surface area contributed by atoms with Crippen LogP contribution in [-0.2, 0) is 6.54 Å². The molecule has 110 valence electrons. The van der Waals surface area contributed by atoms with Gasteiger partial charge in [0.2, 0.25) is 0 Å². The minimum Gasteiger partial charge on any atom is -0.317 e. The maximum Gasteiger partial charge on any atom is 0.0406 e. The van der Waals surface area contributed by atoms with Crippen molar-refractivity contribution in [3.63, 3.8) is 0 Å². The van der Waals surface area contributed by atoms with E-state index in [1.807, 2.05) is 12.1 Å². The number of nitrogens with one attached hydrogen (secondary N) is 1. The van der Waals surface area contributed by atoms with Gasteiger partial charge in [0, 0.05) is 17.6 Å². The zero-order chi connectivity index (χ0) is 13.8. The van der Waals surface area contributed by atoms with Crippen molar-refractivity contribution in [2.45, 2.75) is 44.7 Å². The van der Waals surface area contributed by atoms with Gasteiger partial charge < -0.3 is 5.32 Å². The predicted octanol–water partition coefficient (Wildman–Crippen LogP) is 3.69. The number of halogens is 1. The van der Waals surface area contributed by atoms with E-state index in [1.165, 1.54) is 57.3 Å². The quantitative estimate of drug-likeness (QED) is 0.914. The summed E-state index contributed by atoms with van der Waals surface area (Å²) >= 11 is 5.98. The SMILES string of the molecule is Clc1ccc(CN2CCCCC2C2CCNCC2)cc1. The van der Waals surface area contributed by atoms with Gasteiger partial charge in [-0.3, -0.25) is 4.90 Å². The lowest BCUT2D eigenvalue weighted by molar-refractivity contribution is 0.0778. The largest absolute Gasteiger partial charge is 0.317 e. The lowest BCUT2D eigenvalue weighted by Crippen LogP contribution is -2.46. The third-order valence-corrected chi connectivity index (χ3v) is 5.14. The van der Waals surface area contributed by atoms with Gasteiger partial charge in [0.25, 0.3) is 0 Å². The van der Waals surface area contributed by atoms with Crippen LogP contribution in [0.1, 0.15) is 37.7 Å². The Hall–Kier alpha value is -0.570. The first-order valence-corrected chi connectivity index (χ1v) is 8.40. The van der Waals surface area contributed by atoms with Crippen LogP contribution in [0.25, 0.3) is 0 Å². The molecule has 2 saturated heterocycles. The van der Waals surface area contributed by atoms with Crippen LogP contribution in [0, 0.1) is 5.92 Å². The zero-order valence-electron chi connectivity index (χ0n) is 12.2. The van der Waals surface area contributed by atoms with Gasteiger partial charge in [-0.05, 0) is 68.9 Å². The first kappa shape index (κ1) is 14.4. The molecule has 20 heavy (non-hydrogen) atoms. The number of nitrogens with zero attached hydrogens (tertiary/aromatic N) is 1. The summed E-state index contributed by atoms with van der Waals surface area (Å²) in [6.07, 6.45) is 6.85. The highest BCUT2D eigenvalue weighted by molar-refractivity contribution is 6.30. The average molecular weight is 293 g/mol. The Morgan fingerprint density at radius 3 is 2.55 bits per heavy atom. The molecule has 2 fully saturated rings. The van der Waals surface area contributed by atoms with E-state index >= 15 is 0 Å². The Labute approximate surface area is 127 Å². The first-order chi connectivity index (χ1) is 9.83. The van der Waals surface area contributed by atoms with Crippen molar-refractivity contribution in [1.82, 2.24) is 10.2 Å². The number of rotatable bonds is 3. The van der Waals surface area contributed by atoms with E-state index in [0.717, 1.165) is 23.5 Å². The van der Waals surface area contributed by atoms with E-state index in [-0.39, 0.29) is 0 Å². The van der Waals surface area contributed by atoms with Crippen molar-refractivity contribution in [1.29, 1.82) is 0 Å². The molecule has 0 saturated carbocycles. The summed E-state index contributed by atoms with van der Waals surface area (Å²) in [5.74, 6) is 0.892. The van der Waals surface area contributed by atoms with Crippen molar-refractivity contribution in [3.8, 4) is 0 Å². The second kappa shape index (κ2) is 6.93. The summed E-state index contributed by atoms with van der Waals surface area (Å²) in [4.78, 5) is 2.72. The van der Waals surface area contributed by atoms with Crippen molar-refractivity contribution >= 4 is 11.6 Å². The van der Waals surface area contributed by atoms with Crippen LogP contribution in [0.15, 0.2) is 24.3 Å². The van der Waals surface area contributed by atoms with Crippen molar-refractivity contribution in [2.24, 2.45) is 5.92 Å². The molecule has 1 aromatic carbocycles. The lowest BCUT2D eigenvalue weighted by atomic mass is 9.84. The summed E-state index contributed by atoms with van der Waals surface area (Å²) < 4.78 is 0. The Kier molecular flexibility index (Phi) is 4.98. The van der Waals surface area contributed by atoms with E-state index in [1.54, 1.807) is 0 Å². The highest BCUT2D eigenvalue weighted by Gasteiger charge is 2.30. The zero-order valence-corrected chi connectivity index (χ0v) is 12.9. The maximum absolute atomic E-state index is 5.98. The molecule has 3 rings (SSSR count). The van der Waals surface area contributed by atoms with Crippen molar-refractivity contribution in [2.75, 3.05) is 19.6 Å². The second-order valence-corrected chi connectivity index (χ2v) is 6.68. The van der Waals surface area contributed by atoms with Gasteiger partial charge in [0.15, 0.2) is 0 Å². The molecule has 2 heterocycles. The third kappa shape index (κ3) is 3.55. The highest BCUT2D eigenvalue weighted by atomic mass is 35.5. The smallest absolute Gasteiger partial charge is 0.0406 e. The minimum absolute atomic E-state index is 0.793. The third-order valence-electron chi connectivity index (χ3n) is 4.89. The van der Waals surface area contributed by atoms with Crippen LogP contribution in [0.3, 0.4) is 0 Å². The van der Waals surface area contributed by atoms with Gasteiger partial charge in [0.1, 0.15) is 0 Å². The Balaban J connectivity index is 1.66. The molecule has 1 aromatic rings. The summed E-state index contributed by atoms with van der Waals surface area (Å²) in [7, 11) is 0. The monoisotopic (exact) mass is 292 g/mol. The molecule has 0 amide bonds. The average Bonchev–Trinajstić information content (AvgIpc) is 2.51. The van der Waals surface area contributed by atoms with E-state index in [4.69, 9.17) is 11.6 Å². The van der Waals surface area contributed by atoms with Crippen LogP contribution in [0.2, 0.25) is 5.02 Å². The topological polar surface area (TPSA) is 15.3 Å². The fraction of sp³-hybridized carbons (Fsp3) is 0.647. The highest BCUT2D eigenvalue weighted by Crippen LogP contribution is 2.30. The molecule has 0 aliphatic carbocycles. The number of hydrogen-bond acceptors (Lipinski definition) is 2. The van der Waals surface area contributed by atoms with Crippen LogP contribution in [-0.4, -0.2) is 30.6 Å². The molecule has 0 bridgehead atoms. The Morgan fingerprint density at radius 1 is 1.05 bits per heavy atom. The molecule has 3 heteroatoms. The van der Waals surface area contributed by atoms with Gasteiger partial charge in [-0.1, -0.05) is 30.2 Å². The maximum atomic E-state index is 5.98. The van der Waals surface area contributed by atoms with E-state index in [0.29, 0.717) is 0 Å². The summed E-state index contributed by atoms with van der Waals surface area (Å²) in [5.41, 5.74) is 1.40. The molecule has 0 radical (unpaired) electrons. The molecule has 2 aliphatic heterocycles. The molecule has 1 atom stereocenters. The second-order valence-electron chi connectivity index (χ2n) is 6.25. The molecular formula is C17H25ClN2. The molecule has 2 nitrogen and oxygen atoms in total. The Bertz CT molecular complexity index is 412. The number of likely N-dealkylation sites (tertiary alicyclic amines) is 1. The van der Waals surface area contributed by atoms with E-state index < -0.39 is 0 Å². The fourth-order valence-electron chi connectivity index (χ4n) is 3.80. The molecule has 2 aliphatic rings. The van der Waals surface area contributed by atoms with E-state index in [9.17, 15) is 0 Å². The predicted molar refractivity (Wildman–Crippen MR) is 85.1 cm³/mol. The number of benzene rings is 1. The van der Waals surface area contributed by atoms with Crippen LogP contribution >= 0.6 is 11.6 Å². The number of hydrogen-bond donors (Lipinski definition) is 1. The van der Waals surface area contributed by atoms with Gasteiger partial charge in [-0.15, -0.1) is 0 Å². The van der Waals surface area contributed by atoms with Crippen molar-refractivity contribution < 1.29 is 0 Å². The molecule has 1 N–H and O–H groups in total. The standard InChI is InChI=1S/C17H25ClN2/c18-16-6-4-14(5-7-16)13-20-12-2-1-3-17(20)15-8-10-19-11-9-15/h4-7,15,17,19H,1-3,8-13H2. The summed E-state index contributed by atoms with van der Waals surface area (Å²) in [5, 5.41) is 4.33. The first-order valence-electron chi connectivity index (χ1n) is 8.02. The van der Waals surface area contributed by atoms with Gasteiger partial charge in [-0.2, -0.15) is 0 Å². The minimum atomic E-state index is 0.793. The van der Waals surface area contributed by atoms with Gasteiger partial charge >= 0.3 is 0 Å². The van der Waals surface area contributed by atoms with Crippen LogP contribution < -0.4 is 5.32 Å².